The van der Waals surface area contributed by atoms with Gasteiger partial charge in [-0.15, -0.1) is 0 Å². The average molecular weight is 278 g/mol. The van der Waals surface area contributed by atoms with E-state index in [9.17, 15) is 0 Å². The third-order valence-electron chi connectivity index (χ3n) is 3.32. The summed E-state index contributed by atoms with van der Waals surface area (Å²) >= 11 is 0. The van der Waals surface area contributed by atoms with Gasteiger partial charge in [0.05, 0.1) is 18.3 Å². The second-order valence-electron chi connectivity index (χ2n) is 4.83. The largest absolute Gasteiger partial charge is 0.366 e. The van der Waals surface area contributed by atoms with Crippen LogP contribution in [0, 0.1) is 0 Å². The number of pyridine rings is 1. The van der Waals surface area contributed by atoms with E-state index in [1.807, 2.05) is 55.6 Å². The van der Waals surface area contributed by atoms with Crippen molar-refractivity contribution in [3.8, 4) is 0 Å². The van der Waals surface area contributed by atoms with Crippen molar-refractivity contribution < 1.29 is 0 Å². The van der Waals surface area contributed by atoms with Gasteiger partial charge < -0.3 is 10.6 Å². The molecule has 0 spiro atoms. The van der Waals surface area contributed by atoms with E-state index in [0.717, 1.165) is 22.9 Å². The van der Waals surface area contributed by atoms with Crippen molar-refractivity contribution in [2.24, 2.45) is 4.99 Å². The number of aromatic nitrogens is 1. The number of rotatable bonds is 4. The first-order valence-corrected chi connectivity index (χ1v) is 7.07. The lowest BCUT2D eigenvalue weighted by atomic mass is 10.0. The van der Waals surface area contributed by atoms with E-state index >= 15 is 0 Å². The van der Waals surface area contributed by atoms with E-state index in [2.05, 4.69) is 32.8 Å². The van der Waals surface area contributed by atoms with Gasteiger partial charge in [-0.25, -0.2) is 0 Å². The van der Waals surface area contributed by atoms with Crippen molar-refractivity contribution in [1.29, 1.82) is 0 Å². The fourth-order valence-electron chi connectivity index (χ4n) is 2.33. The van der Waals surface area contributed by atoms with Gasteiger partial charge in [0.15, 0.2) is 0 Å². The summed E-state index contributed by atoms with van der Waals surface area (Å²) < 4.78 is 0. The smallest absolute Gasteiger partial charge is 0.127 e. The molecule has 1 aliphatic heterocycles. The molecule has 106 valence electrons. The molecule has 0 saturated heterocycles. The van der Waals surface area contributed by atoms with Crippen LogP contribution in [0.5, 0.6) is 0 Å². The first-order valence-electron chi connectivity index (χ1n) is 7.07. The minimum absolute atomic E-state index is 0.0775. The van der Waals surface area contributed by atoms with E-state index in [1.165, 1.54) is 0 Å². The van der Waals surface area contributed by atoms with Crippen molar-refractivity contribution in [1.82, 2.24) is 15.6 Å². The van der Waals surface area contributed by atoms with Gasteiger partial charge in [-0.1, -0.05) is 36.4 Å². The third kappa shape index (κ3) is 3.11. The summed E-state index contributed by atoms with van der Waals surface area (Å²) in [6, 6.07) is 6.00. The van der Waals surface area contributed by atoms with Crippen LogP contribution in [0.4, 0.5) is 0 Å². The second-order valence-corrected chi connectivity index (χ2v) is 4.83. The number of nitrogens with zero attached hydrogens (tertiary/aromatic N) is 2. The molecule has 21 heavy (non-hydrogen) atoms. The number of allylic oxidation sites excluding steroid dienone is 3. The minimum Gasteiger partial charge on any atom is -0.366 e. The Morgan fingerprint density at radius 2 is 2.29 bits per heavy atom. The zero-order chi connectivity index (χ0) is 14.5. The fourth-order valence-corrected chi connectivity index (χ4v) is 2.33. The lowest BCUT2D eigenvalue weighted by Crippen LogP contribution is -2.38. The lowest BCUT2D eigenvalue weighted by Gasteiger charge is -2.26. The van der Waals surface area contributed by atoms with Gasteiger partial charge in [0.25, 0.3) is 0 Å². The Balaban J connectivity index is 1.80. The Hall–Kier alpha value is -2.62. The highest BCUT2D eigenvalue weighted by atomic mass is 15.2. The molecular weight excluding hydrogens is 260 g/mol. The zero-order valence-electron chi connectivity index (χ0n) is 12.0. The Kier molecular flexibility index (Phi) is 3.96. The SMILES string of the molecule is C/C=C/C1=NC2C=CC=CC2=C(NCc2ccccn2)N1. The average Bonchev–Trinajstić information content (AvgIpc) is 2.54. The van der Waals surface area contributed by atoms with E-state index < -0.39 is 0 Å². The second kappa shape index (κ2) is 6.22. The minimum atomic E-state index is 0.0775. The first-order chi connectivity index (χ1) is 10.4. The predicted molar refractivity (Wildman–Crippen MR) is 85.6 cm³/mol. The van der Waals surface area contributed by atoms with Gasteiger partial charge >= 0.3 is 0 Å². The van der Waals surface area contributed by atoms with Gasteiger partial charge in [0, 0.05) is 11.8 Å². The van der Waals surface area contributed by atoms with E-state index in [4.69, 9.17) is 0 Å². The van der Waals surface area contributed by atoms with Crippen molar-refractivity contribution in [3.05, 3.63) is 77.9 Å². The molecule has 0 amide bonds. The molecule has 1 aromatic rings. The standard InChI is InChI=1S/C17H18N4/c1-2-7-16-20-15-10-4-3-9-14(15)17(21-16)19-12-13-8-5-6-11-18-13/h2-11,15,19H,12H2,1H3,(H,20,21)/b7-2+. The summed E-state index contributed by atoms with van der Waals surface area (Å²) in [7, 11) is 0. The molecule has 0 fully saturated rings. The number of fused-ring (bicyclic) bond motifs is 1. The highest BCUT2D eigenvalue weighted by Gasteiger charge is 2.20. The summed E-state index contributed by atoms with van der Waals surface area (Å²) in [4.78, 5) is 9.00. The molecule has 4 heteroatoms. The summed E-state index contributed by atoms with van der Waals surface area (Å²) in [6.07, 6.45) is 14.0. The quantitative estimate of drug-likeness (QED) is 0.889. The Labute approximate surface area is 124 Å². The number of aliphatic imine (C=N–C) groups is 1. The molecule has 1 aromatic heterocycles. The van der Waals surface area contributed by atoms with Crippen molar-refractivity contribution in [2.45, 2.75) is 19.5 Å². The number of nitrogens with one attached hydrogen (secondary N) is 2. The molecule has 2 aliphatic rings. The van der Waals surface area contributed by atoms with Crippen LogP contribution in [0.25, 0.3) is 0 Å². The maximum absolute atomic E-state index is 4.67. The molecular formula is C17H18N4. The van der Waals surface area contributed by atoms with E-state index in [-0.39, 0.29) is 6.04 Å². The summed E-state index contributed by atoms with van der Waals surface area (Å²) in [5.41, 5.74) is 2.16. The highest BCUT2D eigenvalue weighted by Crippen LogP contribution is 2.20. The van der Waals surface area contributed by atoms with Gasteiger partial charge in [-0.2, -0.15) is 0 Å². The molecule has 0 aromatic carbocycles. The summed E-state index contributed by atoms with van der Waals surface area (Å²) in [5, 5.41) is 6.77. The molecule has 1 atom stereocenters. The van der Waals surface area contributed by atoms with Crippen molar-refractivity contribution in [2.75, 3.05) is 0 Å². The van der Waals surface area contributed by atoms with Gasteiger partial charge in [-0.3, -0.25) is 9.98 Å². The molecule has 0 radical (unpaired) electrons. The zero-order valence-corrected chi connectivity index (χ0v) is 12.0. The molecule has 0 saturated carbocycles. The molecule has 1 unspecified atom stereocenters. The number of hydrogen-bond donors (Lipinski definition) is 2. The van der Waals surface area contributed by atoms with Crippen LogP contribution < -0.4 is 10.6 Å². The van der Waals surface area contributed by atoms with E-state index in [0.29, 0.717) is 6.54 Å². The van der Waals surface area contributed by atoms with E-state index in [1.54, 1.807) is 0 Å². The van der Waals surface area contributed by atoms with Crippen LogP contribution in [0.2, 0.25) is 0 Å². The van der Waals surface area contributed by atoms with Crippen molar-refractivity contribution in [3.63, 3.8) is 0 Å². The van der Waals surface area contributed by atoms with Gasteiger partial charge in [0.1, 0.15) is 11.7 Å². The monoisotopic (exact) mass is 278 g/mol. The summed E-state index contributed by atoms with van der Waals surface area (Å²) in [5.74, 6) is 1.86. The first kappa shape index (κ1) is 13.4. The molecule has 2 heterocycles. The topological polar surface area (TPSA) is 49.3 Å². The highest BCUT2D eigenvalue weighted by molar-refractivity contribution is 5.95. The third-order valence-corrected chi connectivity index (χ3v) is 3.32. The number of amidine groups is 1. The Morgan fingerprint density at radius 3 is 3.10 bits per heavy atom. The predicted octanol–water partition coefficient (Wildman–Crippen LogP) is 2.46. The van der Waals surface area contributed by atoms with Crippen molar-refractivity contribution >= 4 is 5.84 Å². The van der Waals surface area contributed by atoms with Crippen LogP contribution in [0.3, 0.4) is 0 Å². The van der Waals surface area contributed by atoms with Gasteiger partial charge in [0.2, 0.25) is 0 Å². The van der Waals surface area contributed by atoms with Crippen LogP contribution in [0.1, 0.15) is 12.6 Å². The molecule has 1 aliphatic carbocycles. The number of hydrogen-bond acceptors (Lipinski definition) is 4. The maximum atomic E-state index is 4.67. The fraction of sp³-hybridized carbons (Fsp3) is 0.176. The van der Waals surface area contributed by atoms with Crippen LogP contribution in [-0.2, 0) is 6.54 Å². The van der Waals surface area contributed by atoms with Gasteiger partial charge in [-0.05, 0) is 25.1 Å². The molecule has 3 rings (SSSR count). The normalized spacial score (nSPS) is 20.2. The molecule has 0 bridgehead atoms. The Bertz CT molecular complexity index is 651. The molecule has 2 N–H and O–H groups in total. The molecule has 4 nitrogen and oxygen atoms in total. The van der Waals surface area contributed by atoms with Crippen LogP contribution in [-0.4, -0.2) is 16.9 Å². The Morgan fingerprint density at radius 1 is 1.33 bits per heavy atom. The van der Waals surface area contributed by atoms with Crippen LogP contribution >= 0.6 is 0 Å². The summed E-state index contributed by atoms with van der Waals surface area (Å²) in [6.45, 7) is 2.67. The lowest BCUT2D eigenvalue weighted by molar-refractivity contribution is 0.711. The maximum Gasteiger partial charge on any atom is 0.127 e. The van der Waals surface area contributed by atoms with Crippen LogP contribution in [0.15, 0.2) is 77.2 Å².